The lowest BCUT2D eigenvalue weighted by Crippen LogP contribution is -1.95. The molecule has 0 bridgehead atoms. The summed E-state index contributed by atoms with van der Waals surface area (Å²) in [4.78, 5) is 8.96. The fourth-order valence-corrected chi connectivity index (χ4v) is 2.53. The Morgan fingerprint density at radius 2 is 1.61 bits per heavy atom. The maximum absolute atomic E-state index is 5.84. The quantitative estimate of drug-likeness (QED) is 0.494. The second-order valence-electron chi connectivity index (χ2n) is 5.36. The number of rotatable bonds is 3. The van der Waals surface area contributed by atoms with Crippen molar-refractivity contribution in [2.24, 2.45) is 0 Å². The Kier molecular flexibility index (Phi) is 3.05. The number of furan rings is 1. The molecule has 0 spiro atoms. The Hall–Kier alpha value is -3.20. The summed E-state index contributed by atoms with van der Waals surface area (Å²) in [5.74, 6) is 1.25. The number of hydrogen-bond donors (Lipinski definition) is 0. The molecule has 0 amide bonds. The number of benzene rings is 2. The molecular weight excluding hydrogens is 284 g/mol. The van der Waals surface area contributed by atoms with E-state index in [0.29, 0.717) is 22.7 Å². The Bertz CT molecular complexity index is 1030. The van der Waals surface area contributed by atoms with Crippen LogP contribution in [0.1, 0.15) is 11.6 Å². The molecule has 4 rings (SSSR count). The Morgan fingerprint density at radius 1 is 0.870 bits per heavy atom. The summed E-state index contributed by atoms with van der Waals surface area (Å²) in [6.45, 7) is 8.20. The van der Waals surface area contributed by atoms with Crippen LogP contribution in [-0.4, -0.2) is 9.97 Å². The normalized spacial score (nSPS) is 11.0. The van der Waals surface area contributed by atoms with Gasteiger partial charge in [0.2, 0.25) is 0 Å². The van der Waals surface area contributed by atoms with Crippen molar-refractivity contribution < 1.29 is 4.42 Å². The minimum absolute atomic E-state index is 0.564. The van der Waals surface area contributed by atoms with Crippen LogP contribution >= 0.6 is 0 Å². The Balaban J connectivity index is 1.72. The third kappa shape index (κ3) is 2.32. The van der Waals surface area contributed by atoms with Crippen molar-refractivity contribution in [2.45, 2.75) is 0 Å². The number of nitrogens with zero attached hydrogens (tertiary/aromatic N) is 2. The molecular formula is C20H14N2O. The van der Waals surface area contributed by atoms with Crippen molar-refractivity contribution in [3.05, 3.63) is 85.5 Å². The van der Waals surface area contributed by atoms with Gasteiger partial charge < -0.3 is 4.42 Å². The van der Waals surface area contributed by atoms with E-state index < -0.39 is 0 Å². The van der Waals surface area contributed by atoms with E-state index in [0.717, 1.165) is 21.9 Å². The van der Waals surface area contributed by atoms with Gasteiger partial charge >= 0.3 is 0 Å². The highest BCUT2D eigenvalue weighted by Gasteiger charge is 2.13. The van der Waals surface area contributed by atoms with Crippen molar-refractivity contribution in [1.82, 2.24) is 9.97 Å². The third-order valence-corrected chi connectivity index (χ3v) is 3.85. The number of hydrogen-bond acceptors (Lipinski definition) is 3. The molecule has 0 aliphatic carbocycles. The van der Waals surface area contributed by atoms with Crippen LogP contribution in [0, 0.1) is 0 Å². The van der Waals surface area contributed by atoms with Gasteiger partial charge in [0, 0.05) is 28.1 Å². The van der Waals surface area contributed by atoms with Crippen LogP contribution in [0.25, 0.3) is 33.0 Å². The number of allylic oxidation sites excluding steroid dienone is 2. The van der Waals surface area contributed by atoms with E-state index in [1.54, 1.807) is 6.20 Å². The molecule has 0 fully saturated rings. The smallest absolute Gasteiger partial charge is 0.159 e. The molecule has 0 saturated heterocycles. The van der Waals surface area contributed by atoms with Gasteiger partial charge in [-0.15, -0.1) is 0 Å². The molecule has 23 heavy (non-hydrogen) atoms. The van der Waals surface area contributed by atoms with Gasteiger partial charge in [0.1, 0.15) is 11.3 Å². The van der Waals surface area contributed by atoms with E-state index in [1.807, 2.05) is 54.6 Å². The minimum Gasteiger partial charge on any atom is -0.456 e. The highest BCUT2D eigenvalue weighted by molar-refractivity contribution is 6.02. The first kappa shape index (κ1) is 13.5. The summed E-state index contributed by atoms with van der Waals surface area (Å²) in [5, 5.41) is 2.04. The number of para-hydroxylation sites is 2. The largest absolute Gasteiger partial charge is 0.456 e. The van der Waals surface area contributed by atoms with E-state index in [1.165, 1.54) is 0 Å². The second kappa shape index (κ2) is 5.21. The molecule has 0 atom stereocenters. The first-order chi connectivity index (χ1) is 11.2. The van der Waals surface area contributed by atoms with Crippen molar-refractivity contribution in [2.75, 3.05) is 0 Å². The molecule has 4 aromatic rings. The highest BCUT2D eigenvalue weighted by Crippen LogP contribution is 2.31. The summed E-state index contributed by atoms with van der Waals surface area (Å²) in [5.41, 5.74) is 3.07. The lowest BCUT2D eigenvalue weighted by molar-refractivity contribution is 0.601. The van der Waals surface area contributed by atoms with Gasteiger partial charge in [-0.25, -0.2) is 9.97 Å². The zero-order chi connectivity index (χ0) is 15.8. The summed E-state index contributed by atoms with van der Waals surface area (Å²) in [6, 6.07) is 17.7. The predicted molar refractivity (Wildman–Crippen MR) is 93.8 cm³/mol. The van der Waals surface area contributed by atoms with E-state index >= 15 is 0 Å². The molecule has 110 valence electrons. The maximum atomic E-state index is 5.84. The van der Waals surface area contributed by atoms with E-state index in [4.69, 9.17) is 4.42 Å². The first-order valence-corrected chi connectivity index (χ1v) is 7.32. The van der Waals surface area contributed by atoms with Crippen LogP contribution in [0.5, 0.6) is 0 Å². The van der Waals surface area contributed by atoms with Gasteiger partial charge in [0.15, 0.2) is 5.82 Å². The van der Waals surface area contributed by atoms with Crippen LogP contribution in [0.3, 0.4) is 0 Å². The molecule has 0 saturated carbocycles. The maximum Gasteiger partial charge on any atom is 0.159 e. The van der Waals surface area contributed by atoms with Gasteiger partial charge in [-0.05, 0) is 18.2 Å². The van der Waals surface area contributed by atoms with E-state index in [2.05, 4.69) is 23.1 Å². The van der Waals surface area contributed by atoms with E-state index in [9.17, 15) is 0 Å². The SMILES string of the molecule is C=C(C(=C)c1cc2ccccc2o1)c1ncc2ccccc2n1. The Labute approximate surface area is 133 Å². The van der Waals surface area contributed by atoms with Crippen molar-refractivity contribution in [1.29, 1.82) is 0 Å². The van der Waals surface area contributed by atoms with Crippen molar-refractivity contribution in [3.63, 3.8) is 0 Å². The molecule has 3 heteroatoms. The van der Waals surface area contributed by atoms with Crippen LogP contribution in [-0.2, 0) is 0 Å². The number of aromatic nitrogens is 2. The molecule has 2 heterocycles. The average molecular weight is 298 g/mol. The average Bonchev–Trinajstić information content (AvgIpc) is 3.04. The Morgan fingerprint density at radius 3 is 2.43 bits per heavy atom. The number of fused-ring (bicyclic) bond motifs is 2. The molecule has 0 unspecified atom stereocenters. The summed E-state index contributed by atoms with van der Waals surface area (Å²) in [6.07, 6.45) is 1.80. The molecule has 0 N–H and O–H groups in total. The predicted octanol–water partition coefficient (Wildman–Crippen LogP) is 5.10. The van der Waals surface area contributed by atoms with Crippen molar-refractivity contribution >= 4 is 33.0 Å². The molecule has 3 nitrogen and oxygen atoms in total. The van der Waals surface area contributed by atoms with E-state index in [-0.39, 0.29) is 0 Å². The van der Waals surface area contributed by atoms with Gasteiger partial charge in [0.25, 0.3) is 0 Å². The van der Waals surface area contributed by atoms with Crippen LogP contribution in [0.4, 0.5) is 0 Å². The monoisotopic (exact) mass is 298 g/mol. The fourth-order valence-electron chi connectivity index (χ4n) is 2.53. The molecule has 0 aliphatic heterocycles. The molecule has 2 aromatic heterocycles. The molecule has 0 radical (unpaired) electrons. The van der Waals surface area contributed by atoms with Gasteiger partial charge in [-0.3, -0.25) is 0 Å². The topological polar surface area (TPSA) is 38.9 Å². The summed E-state index contributed by atoms with van der Waals surface area (Å²) in [7, 11) is 0. The zero-order valence-corrected chi connectivity index (χ0v) is 12.5. The van der Waals surface area contributed by atoms with Gasteiger partial charge in [0.05, 0.1) is 5.52 Å². The van der Waals surface area contributed by atoms with Crippen LogP contribution in [0.15, 0.2) is 78.4 Å². The second-order valence-corrected chi connectivity index (χ2v) is 5.36. The summed E-state index contributed by atoms with van der Waals surface area (Å²) < 4.78 is 5.84. The lowest BCUT2D eigenvalue weighted by atomic mass is 10.1. The minimum atomic E-state index is 0.564. The van der Waals surface area contributed by atoms with Gasteiger partial charge in [-0.2, -0.15) is 0 Å². The summed E-state index contributed by atoms with van der Waals surface area (Å²) >= 11 is 0. The fraction of sp³-hybridized carbons (Fsp3) is 0. The lowest BCUT2D eigenvalue weighted by Gasteiger charge is -2.06. The van der Waals surface area contributed by atoms with Crippen LogP contribution in [0.2, 0.25) is 0 Å². The van der Waals surface area contributed by atoms with Crippen LogP contribution < -0.4 is 0 Å². The standard InChI is InChI=1S/C20H14N2O/c1-13(19-11-15-7-4-6-10-18(15)23-19)14(2)20-21-12-16-8-3-5-9-17(16)22-20/h3-12H,1-2H2. The zero-order valence-electron chi connectivity index (χ0n) is 12.5. The van der Waals surface area contributed by atoms with Crippen molar-refractivity contribution in [3.8, 4) is 0 Å². The molecule has 0 aliphatic rings. The highest BCUT2D eigenvalue weighted by atomic mass is 16.3. The third-order valence-electron chi connectivity index (χ3n) is 3.85. The van der Waals surface area contributed by atoms with Gasteiger partial charge in [-0.1, -0.05) is 49.6 Å². The molecule has 2 aromatic carbocycles. The first-order valence-electron chi connectivity index (χ1n) is 7.32.